The van der Waals surface area contributed by atoms with Gasteiger partial charge < -0.3 is 14.8 Å². The highest BCUT2D eigenvalue weighted by molar-refractivity contribution is 9.10. The van der Waals surface area contributed by atoms with Gasteiger partial charge >= 0.3 is 0 Å². The Labute approximate surface area is 199 Å². The highest BCUT2D eigenvalue weighted by atomic mass is 79.9. The van der Waals surface area contributed by atoms with Crippen LogP contribution in [0.3, 0.4) is 0 Å². The Kier molecular flexibility index (Phi) is 9.89. The molecule has 32 heavy (non-hydrogen) atoms. The zero-order chi connectivity index (χ0) is 23.5. The zero-order valence-corrected chi connectivity index (χ0v) is 19.9. The van der Waals surface area contributed by atoms with Crippen molar-refractivity contribution in [3.8, 4) is 11.5 Å². The van der Waals surface area contributed by atoms with Crippen molar-refractivity contribution in [1.29, 1.82) is 0 Å². The first-order valence-electron chi connectivity index (χ1n) is 9.58. The summed E-state index contributed by atoms with van der Waals surface area (Å²) in [5.41, 5.74) is 5.72. The van der Waals surface area contributed by atoms with Gasteiger partial charge in [-0.15, -0.1) is 0 Å². The molecule has 0 aliphatic carbocycles. The fourth-order valence-electron chi connectivity index (χ4n) is 2.45. The van der Waals surface area contributed by atoms with Gasteiger partial charge in [-0.05, 0) is 77.5 Å². The SMILES string of the molecule is CCOc1ccc(NC(=O)CCC(=O)NNC(=S)NC(=O)c2ccc(OC)c(Br)c2)cc1. The Balaban J connectivity index is 1.70. The van der Waals surface area contributed by atoms with Crippen LogP contribution in [0, 0.1) is 0 Å². The van der Waals surface area contributed by atoms with Crippen LogP contribution >= 0.6 is 28.1 Å². The Hall–Kier alpha value is -3.18. The van der Waals surface area contributed by atoms with E-state index in [0.717, 1.165) is 0 Å². The van der Waals surface area contributed by atoms with E-state index in [2.05, 4.69) is 37.4 Å². The summed E-state index contributed by atoms with van der Waals surface area (Å²) in [6.45, 7) is 2.44. The van der Waals surface area contributed by atoms with E-state index in [1.54, 1.807) is 42.5 Å². The smallest absolute Gasteiger partial charge is 0.257 e. The Morgan fingerprint density at radius 1 is 1.00 bits per heavy atom. The Morgan fingerprint density at radius 2 is 1.69 bits per heavy atom. The number of hydrogen-bond donors (Lipinski definition) is 4. The van der Waals surface area contributed by atoms with Crippen LogP contribution in [0.5, 0.6) is 11.5 Å². The standard InChI is InChI=1S/C21H23BrN4O5S/c1-3-31-15-7-5-14(6-8-15)23-18(27)10-11-19(28)25-26-21(32)24-20(29)13-4-9-17(30-2)16(22)12-13/h4-9,12H,3,10-11H2,1-2H3,(H,23,27)(H,25,28)(H2,24,26,29,32). The van der Waals surface area contributed by atoms with Crippen LogP contribution < -0.4 is 31.0 Å². The predicted octanol–water partition coefficient (Wildman–Crippen LogP) is 2.91. The fourth-order valence-corrected chi connectivity index (χ4v) is 3.14. The number of carbonyl (C=O) groups excluding carboxylic acids is 3. The van der Waals surface area contributed by atoms with E-state index in [-0.39, 0.29) is 23.9 Å². The first-order valence-corrected chi connectivity index (χ1v) is 10.8. The van der Waals surface area contributed by atoms with Crippen LogP contribution in [-0.4, -0.2) is 36.6 Å². The molecule has 0 radical (unpaired) electrons. The normalized spacial score (nSPS) is 9.97. The van der Waals surface area contributed by atoms with Gasteiger partial charge in [0.2, 0.25) is 11.8 Å². The van der Waals surface area contributed by atoms with Crippen molar-refractivity contribution in [3.05, 3.63) is 52.5 Å². The average molecular weight is 523 g/mol. The number of nitrogens with one attached hydrogen (secondary N) is 4. The van der Waals surface area contributed by atoms with Gasteiger partial charge in [-0.1, -0.05) is 0 Å². The zero-order valence-electron chi connectivity index (χ0n) is 17.5. The molecule has 11 heteroatoms. The molecule has 0 fully saturated rings. The van der Waals surface area contributed by atoms with Crippen LogP contribution in [0.25, 0.3) is 0 Å². The lowest BCUT2D eigenvalue weighted by molar-refractivity contribution is -0.124. The number of carbonyl (C=O) groups is 3. The van der Waals surface area contributed by atoms with Gasteiger partial charge in [-0.2, -0.15) is 0 Å². The summed E-state index contributed by atoms with van der Waals surface area (Å²) < 4.78 is 11.1. The second-order valence-corrected chi connectivity index (χ2v) is 7.57. The Bertz CT molecular complexity index is 985. The molecular weight excluding hydrogens is 500 g/mol. The molecule has 0 atom stereocenters. The molecule has 0 aromatic heterocycles. The van der Waals surface area contributed by atoms with Crippen molar-refractivity contribution in [2.45, 2.75) is 19.8 Å². The molecular formula is C21H23BrN4O5S. The number of methoxy groups -OCH3 is 1. The fraction of sp³-hybridized carbons (Fsp3) is 0.238. The van der Waals surface area contributed by atoms with Crippen molar-refractivity contribution in [2.24, 2.45) is 0 Å². The molecule has 0 bridgehead atoms. The maximum atomic E-state index is 12.2. The molecule has 0 aliphatic rings. The lowest BCUT2D eigenvalue weighted by Gasteiger charge is -2.11. The molecule has 2 aromatic rings. The quantitative estimate of drug-likeness (QED) is 0.311. The molecule has 170 valence electrons. The van der Waals surface area contributed by atoms with Gasteiger partial charge in [-0.3, -0.25) is 30.6 Å². The van der Waals surface area contributed by atoms with Crippen LogP contribution in [0.4, 0.5) is 5.69 Å². The summed E-state index contributed by atoms with van der Waals surface area (Å²) in [7, 11) is 1.52. The molecule has 0 heterocycles. The van der Waals surface area contributed by atoms with Crippen molar-refractivity contribution in [3.63, 3.8) is 0 Å². The van der Waals surface area contributed by atoms with E-state index < -0.39 is 11.8 Å². The van der Waals surface area contributed by atoms with E-state index >= 15 is 0 Å². The van der Waals surface area contributed by atoms with E-state index in [4.69, 9.17) is 21.7 Å². The van der Waals surface area contributed by atoms with Crippen molar-refractivity contribution < 1.29 is 23.9 Å². The number of anilines is 1. The number of ether oxygens (including phenoxy) is 2. The summed E-state index contributed by atoms with van der Waals surface area (Å²) in [5, 5.41) is 5.05. The largest absolute Gasteiger partial charge is 0.496 e. The van der Waals surface area contributed by atoms with E-state index in [0.29, 0.717) is 33.8 Å². The van der Waals surface area contributed by atoms with E-state index in [1.165, 1.54) is 7.11 Å². The monoisotopic (exact) mass is 522 g/mol. The van der Waals surface area contributed by atoms with Crippen molar-refractivity contribution in [2.75, 3.05) is 19.0 Å². The minimum atomic E-state index is -0.463. The first kappa shape index (κ1) is 25.1. The maximum absolute atomic E-state index is 12.2. The van der Waals surface area contributed by atoms with Crippen LogP contribution in [0.2, 0.25) is 0 Å². The number of benzene rings is 2. The average Bonchev–Trinajstić information content (AvgIpc) is 2.77. The third-order valence-electron chi connectivity index (χ3n) is 3.98. The highest BCUT2D eigenvalue weighted by Crippen LogP contribution is 2.25. The Morgan fingerprint density at radius 3 is 2.31 bits per heavy atom. The number of rotatable bonds is 8. The van der Waals surface area contributed by atoms with Crippen LogP contribution in [0.15, 0.2) is 46.9 Å². The second kappa shape index (κ2) is 12.6. The minimum Gasteiger partial charge on any atom is -0.496 e. The van der Waals surface area contributed by atoms with Gasteiger partial charge in [0.15, 0.2) is 5.11 Å². The van der Waals surface area contributed by atoms with Gasteiger partial charge in [0.05, 0.1) is 18.2 Å². The summed E-state index contributed by atoms with van der Waals surface area (Å²) in [5.74, 6) is 0.0513. The molecule has 3 amide bonds. The third kappa shape index (κ3) is 8.16. The number of thiocarbonyl (C=S) groups is 1. The minimum absolute atomic E-state index is 0.0281. The molecule has 4 N–H and O–H groups in total. The van der Waals surface area contributed by atoms with Gasteiger partial charge in [0, 0.05) is 24.1 Å². The number of hydrazine groups is 1. The molecule has 0 unspecified atom stereocenters. The molecule has 2 aromatic carbocycles. The van der Waals surface area contributed by atoms with Gasteiger partial charge in [0.1, 0.15) is 11.5 Å². The van der Waals surface area contributed by atoms with Crippen molar-refractivity contribution >= 4 is 56.7 Å². The van der Waals surface area contributed by atoms with E-state index in [1.807, 2.05) is 6.92 Å². The number of hydrogen-bond acceptors (Lipinski definition) is 6. The molecule has 9 nitrogen and oxygen atoms in total. The first-order chi connectivity index (χ1) is 15.3. The van der Waals surface area contributed by atoms with E-state index in [9.17, 15) is 14.4 Å². The van der Waals surface area contributed by atoms with Crippen LogP contribution in [-0.2, 0) is 9.59 Å². The van der Waals surface area contributed by atoms with Gasteiger partial charge in [0.25, 0.3) is 5.91 Å². The summed E-state index contributed by atoms with van der Waals surface area (Å²) in [6, 6.07) is 11.7. The van der Waals surface area contributed by atoms with Gasteiger partial charge in [-0.25, -0.2) is 0 Å². The lowest BCUT2D eigenvalue weighted by Crippen LogP contribution is -2.48. The molecule has 0 spiro atoms. The third-order valence-corrected chi connectivity index (χ3v) is 4.81. The number of halogens is 1. The number of amides is 3. The molecule has 0 saturated carbocycles. The molecule has 2 rings (SSSR count). The maximum Gasteiger partial charge on any atom is 0.257 e. The highest BCUT2D eigenvalue weighted by Gasteiger charge is 2.12. The summed E-state index contributed by atoms with van der Waals surface area (Å²) in [4.78, 5) is 36.2. The lowest BCUT2D eigenvalue weighted by atomic mass is 10.2. The summed E-state index contributed by atoms with van der Waals surface area (Å²) in [6.07, 6.45) is -0.0996. The van der Waals surface area contributed by atoms with Crippen molar-refractivity contribution in [1.82, 2.24) is 16.2 Å². The second-order valence-electron chi connectivity index (χ2n) is 6.31. The summed E-state index contributed by atoms with van der Waals surface area (Å²) >= 11 is 8.30. The predicted molar refractivity (Wildman–Crippen MR) is 128 cm³/mol. The molecule has 0 saturated heterocycles. The topological polar surface area (TPSA) is 118 Å². The van der Waals surface area contributed by atoms with Crippen LogP contribution in [0.1, 0.15) is 30.1 Å². The molecule has 0 aliphatic heterocycles.